The minimum atomic E-state index is -0.868. The number of carbonyl (C=O) groups is 2. The maximum absolute atomic E-state index is 12.0. The molecule has 5 nitrogen and oxygen atoms in total. The number of nitrogens with one attached hydrogen (secondary N) is 1. The van der Waals surface area contributed by atoms with E-state index >= 15 is 0 Å². The third kappa shape index (κ3) is 2.91. The summed E-state index contributed by atoms with van der Waals surface area (Å²) < 4.78 is 5.11. The van der Waals surface area contributed by atoms with E-state index < -0.39 is 17.8 Å². The number of aliphatic carboxylic acids is 1. The molecule has 1 heterocycles. The van der Waals surface area contributed by atoms with Crippen LogP contribution in [0.4, 0.5) is 0 Å². The second-order valence-electron chi connectivity index (χ2n) is 4.63. The minimum absolute atomic E-state index is 0.182. The molecule has 0 aliphatic heterocycles. The lowest BCUT2D eigenvalue weighted by Crippen LogP contribution is -2.39. The summed E-state index contributed by atoms with van der Waals surface area (Å²) in [7, 11) is 0. The van der Waals surface area contributed by atoms with Gasteiger partial charge in [0, 0.05) is 0 Å². The van der Waals surface area contributed by atoms with Crippen LogP contribution in [-0.4, -0.2) is 17.0 Å². The van der Waals surface area contributed by atoms with E-state index in [1.54, 1.807) is 18.4 Å². The summed E-state index contributed by atoms with van der Waals surface area (Å²) in [5.74, 6) is -1.33. The van der Waals surface area contributed by atoms with Crippen molar-refractivity contribution in [3.8, 4) is 0 Å². The molecule has 18 heavy (non-hydrogen) atoms. The second kappa shape index (κ2) is 5.71. The number of carbonyl (C=O) groups excluding carboxylic acids is 1. The Morgan fingerprint density at radius 2 is 2.06 bits per heavy atom. The van der Waals surface area contributed by atoms with Gasteiger partial charge >= 0.3 is 5.97 Å². The predicted octanol–water partition coefficient (Wildman–Crippen LogP) is 1.79. The Morgan fingerprint density at radius 1 is 1.33 bits per heavy atom. The van der Waals surface area contributed by atoms with Crippen molar-refractivity contribution < 1.29 is 19.1 Å². The quantitative estimate of drug-likeness (QED) is 0.855. The van der Waals surface area contributed by atoms with Crippen molar-refractivity contribution >= 4 is 11.9 Å². The van der Waals surface area contributed by atoms with Crippen LogP contribution in [0.3, 0.4) is 0 Å². The van der Waals surface area contributed by atoms with E-state index in [-0.39, 0.29) is 5.91 Å². The largest absolute Gasteiger partial charge is 0.481 e. The van der Waals surface area contributed by atoms with Gasteiger partial charge in [-0.05, 0) is 25.0 Å². The Morgan fingerprint density at radius 3 is 2.67 bits per heavy atom. The van der Waals surface area contributed by atoms with E-state index in [0.29, 0.717) is 25.1 Å². The van der Waals surface area contributed by atoms with Crippen LogP contribution in [0.2, 0.25) is 0 Å². The SMILES string of the molecule is O=C(NCc1ccco1)[C@H]1CCCC[C@H]1C(=O)O. The molecule has 0 aromatic carbocycles. The van der Waals surface area contributed by atoms with E-state index in [9.17, 15) is 9.59 Å². The number of hydrogen-bond acceptors (Lipinski definition) is 3. The van der Waals surface area contributed by atoms with Gasteiger partial charge in [0.25, 0.3) is 0 Å². The lowest BCUT2D eigenvalue weighted by Gasteiger charge is -2.27. The van der Waals surface area contributed by atoms with Crippen LogP contribution in [0.15, 0.2) is 22.8 Å². The molecule has 1 aromatic rings. The Kier molecular flexibility index (Phi) is 4.02. The van der Waals surface area contributed by atoms with Crippen LogP contribution in [0.1, 0.15) is 31.4 Å². The zero-order valence-electron chi connectivity index (χ0n) is 10.1. The molecular weight excluding hydrogens is 234 g/mol. The van der Waals surface area contributed by atoms with Gasteiger partial charge in [-0.3, -0.25) is 9.59 Å². The van der Waals surface area contributed by atoms with Gasteiger partial charge in [-0.2, -0.15) is 0 Å². The molecule has 1 amide bonds. The average molecular weight is 251 g/mol. The Balaban J connectivity index is 1.92. The Bertz CT molecular complexity index is 413. The first-order chi connectivity index (χ1) is 8.68. The van der Waals surface area contributed by atoms with Gasteiger partial charge in [-0.25, -0.2) is 0 Å². The molecule has 0 spiro atoms. The zero-order chi connectivity index (χ0) is 13.0. The highest BCUT2D eigenvalue weighted by molar-refractivity contribution is 5.84. The molecule has 98 valence electrons. The predicted molar refractivity (Wildman–Crippen MR) is 63.6 cm³/mol. The first-order valence-electron chi connectivity index (χ1n) is 6.21. The van der Waals surface area contributed by atoms with Gasteiger partial charge in [0.2, 0.25) is 5.91 Å². The summed E-state index contributed by atoms with van der Waals surface area (Å²) in [5.41, 5.74) is 0. The van der Waals surface area contributed by atoms with Crippen molar-refractivity contribution in [2.24, 2.45) is 11.8 Å². The van der Waals surface area contributed by atoms with Gasteiger partial charge in [-0.1, -0.05) is 12.8 Å². The number of amides is 1. The molecule has 2 atom stereocenters. The summed E-state index contributed by atoms with van der Waals surface area (Å²) in [5, 5.41) is 11.9. The van der Waals surface area contributed by atoms with Crippen LogP contribution in [0.5, 0.6) is 0 Å². The van der Waals surface area contributed by atoms with Crippen molar-refractivity contribution in [3.63, 3.8) is 0 Å². The van der Waals surface area contributed by atoms with Gasteiger partial charge < -0.3 is 14.8 Å². The van der Waals surface area contributed by atoms with Crippen LogP contribution >= 0.6 is 0 Å². The Labute approximate surface area is 105 Å². The van der Waals surface area contributed by atoms with E-state index in [1.807, 2.05) is 0 Å². The topological polar surface area (TPSA) is 79.5 Å². The number of carboxylic acid groups (broad SMARTS) is 1. The van der Waals surface area contributed by atoms with E-state index in [2.05, 4.69) is 5.32 Å². The van der Waals surface area contributed by atoms with E-state index in [0.717, 1.165) is 12.8 Å². The molecule has 1 aromatic heterocycles. The van der Waals surface area contributed by atoms with Crippen LogP contribution in [0.25, 0.3) is 0 Å². The third-order valence-corrected chi connectivity index (χ3v) is 3.44. The van der Waals surface area contributed by atoms with Gasteiger partial charge in [0.15, 0.2) is 0 Å². The smallest absolute Gasteiger partial charge is 0.307 e. The maximum Gasteiger partial charge on any atom is 0.307 e. The third-order valence-electron chi connectivity index (χ3n) is 3.44. The molecule has 2 rings (SSSR count). The van der Waals surface area contributed by atoms with E-state index in [1.165, 1.54) is 0 Å². The number of carboxylic acids is 1. The second-order valence-corrected chi connectivity index (χ2v) is 4.63. The van der Waals surface area contributed by atoms with Crippen molar-refractivity contribution in [2.75, 3.05) is 0 Å². The molecule has 5 heteroatoms. The molecule has 0 unspecified atom stereocenters. The fraction of sp³-hybridized carbons (Fsp3) is 0.538. The summed E-state index contributed by atoms with van der Waals surface area (Å²) in [6.07, 6.45) is 4.60. The summed E-state index contributed by atoms with van der Waals surface area (Å²) in [6, 6.07) is 3.53. The fourth-order valence-corrected chi connectivity index (χ4v) is 2.46. The van der Waals surface area contributed by atoms with Gasteiger partial charge in [0.1, 0.15) is 5.76 Å². The number of furan rings is 1. The molecule has 0 radical (unpaired) electrons. The summed E-state index contributed by atoms with van der Waals surface area (Å²) in [6.45, 7) is 0.314. The first-order valence-corrected chi connectivity index (χ1v) is 6.21. The Hall–Kier alpha value is -1.78. The molecule has 2 N–H and O–H groups in total. The number of rotatable bonds is 4. The molecule has 0 saturated heterocycles. The van der Waals surface area contributed by atoms with E-state index in [4.69, 9.17) is 9.52 Å². The molecular formula is C13H17NO4. The monoisotopic (exact) mass is 251 g/mol. The highest BCUT2D eigenvalue weighted by Crippen LogP contribution is 2.30. The summed E-state index contributed by atoms with van der Waals surface area (Å²) >= 11 is 0. The van der Waals surface area contributed by atoms with Gasteiger partial charge in [-0.15, -0.1) is 0 Å². The molecule has 1 aliphatic rings. The summed E-state index contributed by atoms with van der Waals surface area (Å²) in [4.78, 5) is 23.1. The molecule has 0 bridgehead atoms. The average Bonchev–Trinajstić information content (AvgIpc) is 2.89. The van der Waals surface area contributed by atoms with Crippen LogP contribution < -0.4 is 5.32 Å². The normalized spacial score (nSPS) is 23.6. The van der Waals surface area contributed by atoms with Crippen molar-refractivity contribution in [1.29, 1.82) is 0 Å². The van der Waals surface area contributed by atoms with Gasteiger partial charge in [0.05, 0.1) is 24.6 Å². The first kappa shape index (κ1) is 12.7. The maximum atomic E-state index is 12.0. The van der Waals surface area contributed by atoms with Crippen molar-refractivity contribution in [3.05, 3.63) is 24.2 Å². The fourth-order valence-electron chi connectivity index (χ4n) is 2.46. The van der Waals surface area contributed by atoms with Crippen molar-refractivity contribution in [1.82, 2.24) is 5.32 Å². The minimum Gasteiger partial charge on any atom is -0.481 e. The lowest BCUT2D eigenvalue weighted by molar-refractivity contribution is -0.149. The zero-order valence-corrected chi connectivity index (χ0v) is 10.1. The standard InChI is InChI=1S/C13H17NO4/c15-12(14-8-9-4-3-7-18-9)10-5-1-2-6-11(10)13(16)17/h3-4,7,10-11H,1-2,5-6,8H2,(H,14,15)(H,16,17)/t10-,11+/m0/s1. The highest BCUT2D eigenvalue weighted by Gasteiger charge is 2.35. The molecule has 1 saturated carbocycles. The van der Waals surface area contributed by atoms with Crippen molar-refractivity contribution in [2.45, 2.75) is 32.2 Å². The lowest BCUT2D eigenvalue weighted by atomic mass is 9.79. The van der Waals surface area contributed by atoms with Crippen LogP contribution in [-0.2, 0) is 16.1 Å². The molecule has 1 aliphatic carbocycles. The van der Waals surface area contributed by atoms with Crippen LogP contribution in [0, 0.1) is 11.8 Å². The molecule has 1 fully saturated rings. The highest BCUT2D eigenvalue weighted by atomic mass is 16.4. The number of hydrogen-bond donors (Lipinski definition) is 2.